The van der Waals surface area contributed by atoms with E-state index in [2.05, 4.69) is 10.2 Å². The minimum Gasteiger partial charge on any atom is -0.465 e. The predicted octanol–water partition coefficient (Wildman–Crippen LogP) is 2.09. The predicted molar refractivity (Wildman–Crippen MR) is 67.4 cm³/mol. The zero-order chi connectivity index (χ0) is 13.1. The number of carbonyl (C=O) groups excluding carboxylic acids is 1. The first-order valence-corrected chi connectivity index (χ1v) is 6.15. The van der Waals surface area contributed by atoms with Gasteiger partial charge in [0, 0.05) is 6.20 Å². The van der Waals surface area contributed by atoms with Gasteiger partial charge in [0.1, 0.15) is 5.92 Å². The van der Waals surface area contributed by atoms with E-state index in [4.69, 9.17) is 4.74 Å². The minimum atomic E-state index is -0.359. The van der Waals surface area contributed by atoms with Crippen molar-refractivity contribution in [2.45, 2.75) is 33.1 Å². The first-order valence-electron chi connectivity index (χ1n) is 6.15. The molecule has 96 valence electrons. The molecule has 0 aromatic carbocycles. The number of fused-ring (bicyclic) bond motifs is 1. The van der Waals surface area contributed by atoms with Crippen LogP contribution in [0.1, 0.15) is 37.6 Å². The van der Waals surface area contributed by atoms with Gasteiger partial charge in [-0.2, -0.15) is 0 Å². The van der Waals surface area contributed by atoms with Gasteiger partial charge in [-0.25, -0.2) is 0 Å². The fourth-order valence-corrected chi connectivity index (χ4v) is 1.95. The van der Waals surface area contributed by atoms with E-state index in [1.54, 1.807) is 6.92 Å². The first kappa shape index (κ1) is 12.5. The van der Waals surface area contributed by atoms with Crippen LogP contribution in [0.3, 0.4) is 0 Å². The van der Waals surface area contributed by atoms with Crippen LogP contribution in [0.15, 0.2) is 18.3 Å². The van der Waals surface area contributed by atoms with Crippen LogP contribution in [0.2, 0.25) is 0 Å². The highest BCUT2D eigenvalue weighted by Gasteiger charge is 2.25. The van der Waals surface area contributed by atoms with Gasteiger partial charge in [-0.3, -0.25) is 9.20 Å². The Balaban J connectivity index is 2.42. The van der Waals surface area contributed by atoms with E-state index >= 15 is 0 Å². The van der Waals surface area contributed by atoms with E-state index in [1.807, 2.05) is 36.6 Å². The lowest BCUT2D eigenvalue weighted by Crippen LogP contribution is -2.17. The number of nitrogens with zero attached hydrogens (tertiary/aromatic N) is 3. The quantitative estimate of drug-likeness (QED) is 0.776. The molecule has 0 aliphatic carbocycles. The number of rotatable bonds is 4. The molecule has 0 fully saturated rings. The van der Waals surface area contributed by atoms with Crippen molar-refractivity contribution in [3.05, 3.63) is 29.7 Å². The molecule has 0 radical (unpaired) electrons. The molecule has 5 heteroatoms. The highest BCUT2D eigenvalue weighted by atomic mass is 16.5. The Bertz CT molecular complexity index is 562. The second kappa shape index (κ2) is 5.16. The summed E-state index contributed by atoms with van der Waals surface area (Å²) >= 11 is 0. The molecule has 2 aromatic heterocycles. The van der Waals surface area contributed by atoms with Crippen molar-refractivity contribution < 1.29 is 9.53 Å². The van der Waals surface area contributed by atoms with Gasteiger partial charge in [0.15, 0.2) is 11.5 Å². The third-order valence-electron chi connectivity index (χ3n) is 2.88. The fourth-order valence-electron chi connectivity index (χ4n) is 1.95. The Morgan fingerprint density at radius 1 is 1.44 bits per heavy atom. The number of aromatic nitrogens is 3. The summed E-state index contributed by atoms with van der Waals surface area (Å²) in [5.74, 6) is 0.0449. The van der Waals surface area contributed by atoms with Crippen LogP contribution in [-0.4, -0.2) is 27.2 Å². The van der Waals surface area contributed by atoms with E-state index in [0.29, 0.717) is 18.9 Å². The first-order chi connectivity index (χ1) is 8.67. The topological polar surface area (TPSA) is 56.5 Å². The zero-order valence-electron chi connectivity index (χ0n) is 10.9. The maximum atomic E-state index is 11.9. The Labute approximate surface area is 106 Å². The van der Waals surface area contributed by atoms with E-state index in [-0.39, 0.29) is 11.9 Å². The number of pyridine rings is 1. The van der Waals surface area contributed by atoms with Gasteiger partial charge in [0.05, 0.1) is 6.61 Å². The summed E-state index contributed by atoms with van der Waals surface area (Å²) < 4.78 is 6.92. The molecule has 0 bridgehead atoms. The number of hydrogen-bond donors (Lipinski definition) is 0. The van der Waals surface area contributed by atoms with E-state index in [1.165, 1.54) is 0 Å². The maximum absolute atomic E-state index is 11.9. The number of hydrogen-bond acceptors (Lipinski definition) is 4. The van der Waals surface area contributed by atoms with Crippen molar-refractivity contribution in [1.82, 2.24) is 14.6 Å². The summed E-state index contributed by atoms with van der Waals surface area (Å²) in [6.45, 7) is 6.12. The molecular formula is C13H17N3O2. The van der Waals surface area contributed by atoms with Crippen LogP contribution >= 0.6 is 0 Å². The lowest BCUT2D eigenvalue weighted by molar-refractivity contribution is -0.145. The van der Waals surface area contributed by atoms with Crippen molar-refractivity contribution in [2.24, 2.45) is 0 Å². The lowest BCUT2D eigenvalue weighted by Gasteiger charge is -2.11. The molecule has 0 amide bonds. The second-order valence-electron chi connectivity index (χ2n) is 4.20. The summed E-state index contributed by atoms with van der Waals surface area (Å²) in [7, 11) is 0. The van der Waals surface area contributed by atoms with Gasteiger partial charge >= 0.3 is 5.97 Å². The maximum Gasteiger partial charge on any atom is 0.316 e. The number of carbonyl (C=O) groups is 1. The largest absolute Gasteiger partial charge is 0.465 e. The molecule has 0 saturated heterocycles. The average molecular weight is 247 g/mol. The molecule has 2 rings (SSSR count). The molecule has 18 heavy (non-hydrogen) atoms. The molecule has 2 heterocycles. The third-order valence-corrected chi connectivity index (χ3v) is 2.88. The summed E-state index contributed by atoms with van der Waals surface area (Å²) in [6.07, 6.45) is 2.54. The van der Waals surface area contributed by atoms with Gasteiger partial charge < -0.3 is 4.74 Å². The summed E-state index contributed by atoms with van der Waals surface area (Å²) in [4.78, 5) is 11.9. The molecule has 0 spiro atoms. The number of esters is 1. The Morgan fingerprint density at radius 3 is 2.89 bits per heavy atom. The van der Waals surface area contributed by atoms with Crippen LogP contribution in [0.4, 0.5) is 0 Å². The highest BCUT2D eigenvalue weighted by molar-refractivity contribution is 5.77. The normalized spacial score (nSPS) is 12.6. The van der Waals surface area contributed by atoms with Crippen LogP contribution < -0.4 is 0 Å². The lowest BCUT2D eigenvalue weighted by atomic mass is 10.1. The SMILES string of the molecule is CCOC(=O)C(CC)c1nnc2cc(C)ccn12. The third kappa shape index (κ3) is 2.20. The molecular weight excluding hydrogens is 230 g/mol. The van der Waals surface area contributed by atoms with Crippen LogP contribution in [0, 0.1) is 6.92 Å². The Hall–Kier alpha value is -1.91. The van der Waals surface area contributed by atoms with Gasteiger partial charge in [0.25, 0.3) is 0 Å². The summed E-state index contributed by atoms with van der Waals surface area (Å²) in [5, 5.41) is 8.22. The molecule has 1 atom stereocenters. The molecule has 1 unspecified atom stereocenters. The summed E-state index contributed by atoms with van der Waals surface area (Å²) in [6, 6.07) is 3.91. The van der Waals surface area contributed by atoms with Gasteiger partial charge in [0.2, 0.25) is 0 Å². The second-order valence-corrected chi connectivity index (χ2v) is 4.20. The molecule has 0 saturated carbocycles. The molecule has 5 nitrogen and oxygen atoms in total. The van der Waals surface area contributed by atoms with Crippen LogP contribution in [-0.2, 0) is 9.53 Å². The van der Waals surface area contributed by atoms with Gasteiger partial charge in [-0.15, -0.1) is 10.2 Å². The minimum absolute atomic E-state index is 0.241. The number of ether oxygens (including phenoxy) is 1. The van der Waals surface area contributed by atoms with Crippen molar-refractivity contribution in [2.75, 3.05) is 6.61 Å². The zero-order valence-corrected chi connectivity index (χ0v) is 10.9. The standard InChI is InChI=1S/C13H17N3O2/c1-4-10(13(17)18-5-2)12-15-14-11-8-9(3)6-7-16(11)12/h6-8,10H,4-5H2,1-3H3. The van der Waals surface area contributed by atoms with Crippen molar-refractivity contribution in [3.8, 4) is 0 Å². The van der Waals surface area contributed by atoms with E-state index in [9.17, 15) is 4.79 Å². The van der Waals surface area contributed by atoms with E-state index in [0.717, 1.165) is 11.2 Å². The Morgan fingerprint density at radius 2 is 2.22 bits per heavy atom. The van der Waals surface area contributed by atoms with Gasteiger partial charge in [-0.1, -0.05) is 6.92 Å². The summed E-state index contributed by atoms with van der Waals surface area (Å²) in [5.41, 5.74) is 1.87. The van der Waals surface area contributed by atoms with Gasteiger partial charge in [-0.05, 0) is 38.0 Å². The Kier molecular flexibility index (Phi) is 3.60. The number of aryl methyl sites for hydroxylation is 1. The molecule has 0 aliphatic heterocycles. The average Bonchev–Trinajstić information content (AvgIpc) is 2.73. The molecule has 0 aliphatic rings. The van der Waals surface area contributed by atoms with Crippen LogP contribution in [0.25, 0.3) is 5.65 Å². The smallest absolute Gasteiger partial charge is 0.316 e. The van der Waals surface area contributed by atoms with Crippen molar-refractivity contribution >= 4 is 11.6 Å². The fraction of sp³-hybridized carbons (Fsp3) is 0.462. The van der Waals surface area contributed by atoms with Crippen LogP contribution in [0.5, 0.6) is 0 Å². The van der Waals surface area contributed by atoms with E-state index < -0.39 is 0 Å². The highest BCUT2D eigenvalue weighted by Crippen LogP contribution is 2.20. The van der Waals surface area contributed by atoms with Crippen molar-refractivity contribution in [1.29, 1.82) is 0 Å². The molecule has 2 aromatic rings. The monoisotopic (exact) mass is 247 g/mol. The van der Waals surface area contributed by atoms with Crippen molar-refractivity contribution in [3.63, 3.8) is 0 Å². The molecule has 0 N–H and O–H groups in total.